The lowest BCUT2D eigenvalue weighted by Gasteiger charge is -2.14. The van der Waals surface area contributed by atoms with Crippen molar-refractivity contribution in [3.05, 3.63) is 40.9 Å². The molecule has 0 aliphatic rings. The minimum Gasteiger partial charge on any atom is -0.477 e. The lowest BCUT2D eigenvalue weighted by molar-refractivity contribution is -0.132. The summed E-state index contributed by atoms with van der Waals surface area (Å²) in [5, 5.41) is 8.64. The molecule has 1 rings (SSSR count). The number of rotatable bonds is 5. The summed E-state index contributed by atoms with van der Waals surface area (Å²) in [6.07, 6.45) is 0.266. The van der Waals surface area contributed by atoms with Crippen molar-refractivity contribution in [1.82, 2.24) is 0 Å². The lowest BCUT2D eigenvalue weighted by atomic mass is 10.0. The molecule has 0 bridgehead atoms. The Kier molecular flexibility index (Phi) is 4.97. The third-order valence-corrected chi connectivity index (χ3v) is 2.30. The number of Topliss-reactive ketones (excluding diaryl/α,β-unsaturated/α-hetero) is 1. The molecule has 3 N–H and O–H groups in total. The molecule has 0 heterocycles. The van der Waals surface area contributed by atoms with E-state index in [0.717, 1.165) is 0 Å². The number of hydrogen-bond acceptors (Lipinski definition) is 4. The summed E-state index contributed by atoms with van der Waals surface area (Å²) in [5.41, 5.74) is -2.34. The second-order valence-electron chi connectivity index (χ2n) is 3.63. The average Bonchev–Trinajstić information content (AvgIpc) is 2.38. The van der Waals surface area contributed by atoms with E-state index in [-0.39, 0.29) is 12.3 Å². The number of alkyl halides is 3. The fraction of sp³-hybridized carbons (Fsp3) is 0.0909. The summed E-state index contributed by atoms with van der Waals surface area (Å²) < 4.78 is 68.7. The van der Waals surface area contributed by atoms with Crippen molar-refractivity contribution in [2.75, 3.05) is 0 Å². The lowest BCUT2D eigenvalue weighted by Crippen LogP contribution is -2.21. The zero-order valence-electron chi connectivity index (χ0n) is 10.2. The number of carboxylic acids is 1. The van der Waals surface area contributed by atoms with Crippen LogP contribution in [0.3, 0.4) is 0 Å². The molecule has 0 radical (unpaired) electrons. The Hall–Kier alpha value is -2.36. The van der Waals surface area contributed by atoms with Crippen molar-refractivity contribution in [3.63, 3.8) is 0 Å². The molecule has 0 fully saturated rings. The van der Waals surface area contributed by atoms with Crippen LogP contribution in [-0.2, 0) is 4.79 Å². The summed E-state index contributed by atoms with van der Waals surface area (Å²) in [4.78, 5) is 22.4. The van der Waals surface area contributed by atoms with E-state index in [1.165, 1.54) is 0 Å². The zero-order chi connectivity index (χ0) is 17.2. The predicted octanol–water partition coefficient (Wildman–Crippen LogP) is 2.38. The van der Waals surface area contributed by atoms with Gasteiger partial charge in [-0.05, 0) is 6.07 Å². The van der Waals surface area contributed by atoms with Gasteiger partial charge in [0.2, 0.25) is 17.3 Å². The van der Waals surface area contributed by atoms with E-state index in [4.69, 9.17) is 10.8 Å². The number of hydrogen-bond donors (Lipinski definition) is 2. The van der Waals surface area contributed by atoms with Gasteiger partial charge < -0.3 is 15.6 Å². The summed E-state index contributed by atoms with van der Waals surface area (Å²) in [6.45, 7) is 0. The molecule has 0 amide bonds. The average molecular weight is 346 g/mol. The number of benzene rings is 1. The fourth-order valence-corrected chi connectivity index (χ4v) is 1.42. The van der Waals surface area contributed by atoms with Gasteiger partial charge in [-0.1, -0.05) is 0 Å². The molecule has 120 valence electrons. The second-order valence-corrected chi connectivity index (χ2v) is 4.07. The van der Waals surface area contributed by atoms with Crippen molar-refractivity contribution in [1.29, 1.82) is 0 Å². The Balaban J connectivity index is 3.52. The Morgan fingerprint density at radius 2 is 1.82 bits per heavy atom. The number of aliphatic carboxylic acids is 1. The predicted molar refractivity (Wildman–Crippen MR) is 62.0 cm³/mol. The third kappa shape index (κ3) is 3.64. The van der Waals surface area contributed by atoms with Gasteiger partial charge in [0, 0.05) is 17.8 Å². The van der Waals surface area contributed by atoms with Gasteiger partial charge in [0.25, 0.3) is 0 Å². The molecule has 5 nitrogen and oxygen atoms in total. The first-order valence-electron chi connectivity index (χ1n) is 5.12. The van der Waals surface area contributed by atoms with Crippen LogP contribution in [0.15, 0.2) is 17.8 Å². The van der Waals surface area contributed by atoms with Crippen LogP contribution in [0.4, 0.5) is 22.0 Å². The van der Waals surface area contributed by atoms with E-state index in [0.29, 0.717) is 0 Å². The largest absolute Gasteiger partial charge is 0.487 e. The zero-order valence-corrected chi connectivity index (χ0v) is 10.9. The maximum Gasteiger partial charge on any atom is 0.487 e. The van der Waals surface area contributed by atoms with Gasteiger partial charge in [-0.25, -0.2) is 13.6 Å². The van der Waals surface area contributed by atoms with E-state index in [2.05, 4.69) is 16.3 Å². The Morgan fingerprint density at radius 3 is 2.23 bits per heavy atom. The Labute approximate surface area is 123 Å². The highest BCUT2D eigenvalue weighted by atomic mass is 35.5. The molecule has 1 aromatic rings. The number of carbonyl (C=O) groups excluding carboxylic acids is 1. The summed E-state index contributed by atoms with van der Waals surface area (Å²) in [6, 6.07) is -0.0291. The maximum atomic E-state index is 13.8. The molecule has 0 unspecified atom stereocenters. The van der Waals surface area contributed by atoms with Crippen LogP contribution in [0.2, 0.25) is 0 Å². The summed E-state index contributed by atoms with van der Waals surface area (Å²) in [5.74, 6) is -11.8. The van der Waals surface area contributed by atoms with Crippen molar-refractivity contribution in [2.24, 2.45) is 5.73 Å². The molecule has 0 atom stereocenters. The molecule has 0 aromatic heterocycles. The van der Waals surface area contributed by atoms with Crippen molar-refractivity contribution >= 4 is 23.4 Å². The van der Waals surface area contributed by atoms with Crippen molar-refractivity contribution in [2.45, 2.75) is 5.57 Å². The van der Waals surface area contributed by atoms with E-state index in [1.807, 2.05) is 0 Å². The molecule has 0 aliphatic carbocycles. The molecule has 0 spiro atoms. The van der Waals surface area contributed by atoms with Gasteiger partial charge in [-0.3, -0.25) is 4.79 Å². The standard InChI is InChI=1S/C11H5ClF5NO4/c12-11(16,17)22-9-6(14)3(1-5(13)7(9)15)8(19)4(2-18)10(20)21/h1-2H,18H2,(H,20,21). The highest BCUT2D eigenvalue weighted by Gasteiger charge is 2.35. The minimum absolute atomic E-state index is 0.0291. The molecule has 0 aliphatic heterocycles. The molecule has 11 heteroatoms. The number of ketones is 1. The second kappa shape index (κ2) is 6.18. The minimum atomic E-state index is -4.60. The van der Waals surface area contributed by atoms with Crippen LogP contribution in [0, 0.1) is 17.5 Å². The Morgan fingerprint density at radius 1 is 1.27 bits per heavy atom. The van der Waals surface area contributed by atoms with Crippen LogP contribution in [-0.4, -0.2) is 22.4 Å². The molecule has 0 saturated heterocycles. The normalized spacial score (nSPS) is 12.2. The van der Waals surface area contributed by atoms with Gasteiger partial charge >= 0.3 is 11.5 Å². The molecular weight excluding hydrogens is 341 g/mol. The van der Waals surface area contributed by atoms with Crippen LogP contribution in [0.25, 0.3) is 0 Å². The monoisotopic (exact) mass is 345 g/mol. The molecule has 1 aromatic carbocycles. The van der Waals surface area contributed by atoms with E-state index < -0.39 is 51.7 Å². The summed E-state index contributed by atoms with van der Waals surface area (Å²) in [7, 11) is 0. The van der Waals surface area contributed by atoms with Gasteiger partial charge in [-0.15, -0.1) is 8.78 Å². The smallest absolute Gasteiger partial charge is 0.477 e. The van der Waals surface area contributed by atoms with Crippen molar-refractivity contribution < 1.29 is 41.4 Å². The number of carbonyl (C=O) groups is 2. The van der Waals surface area contributed by atoms with Gasteiger partial charge in [0.05, 0.1) is 5.56 Å². The number of halogens is 6. The first kappa shape index (κ1) is 17.7. The van der Waals surface area contributed by atoms with Gasteiger partial charge in [0.15, 0.2) is 11.6 Å². The highest BCUT2D eigenvalue weighted by Crippen LogP contribution is 2.33. The van der Waals surface area contributed by atoms with Gasteiger partial charge in [0.1, 0.15) is 5.57 Å². The van der Waals surface area contributed by atoms with E-state index in [9.17, 15) is 31.5 Å². The number of ether oxygens (including phenoxy) is 1. The fourth-order valence-electron chi connectivity index (χ4n) is 1.34. The first-order valence-corrected chi connectivity index (χ1v) is 5.50. The molecular formula is C11H5ClF5NO4. The number of carboxylic acid groups (broad SMARTS) is 1. The van der Waals surface area contributed by atoms with E-state index in [1.54, 1.807) is 0 Å². The molecule has 0 saturated carbocycles. The van der Waals surface area contributed by atoms with Crippen LogP contribution in [0.1, 0.15) is 10.4 Å². The van der Waals surface area contributed by atoms with Crippen LogP contribution in [0.5, 0.6) is 5.75 Å². The topological polar surface area (TPSA) is 89.6 Å². The Bertz CT molecular complexity index is 671. The van der Waals surface area contributed by atoms with Crippen molar-refractivity contribution in [3.8, 4) is 5.75 Å². The molecule has 22 heavy (non-hydrogen) atoms. The first-order chi connectivity index (χ1) is 9.99. The number of nitrogens with two attached hydrogens (primary N) is 1. The third-order valence-electron chi connectivity index (χ3n) is 2.22. The quantitative estimate of drug-likeness (QED) is 0.163. The maximum absolute atomic E-state index is 13.8. The van der Waals surface area contributed by atoms with E-state index >= 15 is 0 Å². The van der Waals surface area contributed by atoms with Crippen LogP contribution < -0.4 is 10.5 Å². The van der Waals surface area contributed by atoms with Crippen LogP contribution >= 0.6 is 11.6 Å². The highest BCUT2D eigenvalue weighted by molar-refractivity contribution is 6.23. The SMILES string of the molecule is NC=C(C(=O)O)C(=O)c1cc(F)c(F)c(OC(F)(F)Cl)c1F. The van der Waals surface area contributed by atoms with Gasteiger partial charge in [-0.2, -0.15) is 4.39 Å². The summed E-state index contributed by atoms with van der Waals surface area (Å²) >= 11 is 4.31.